The van der Waals surface area contributed by atoms with Crippen molar-refractivity contribution in [3.63, 3.8) is 0 Å². The summed E-state index contributed by atoms with van der Waals surface area (Å²) in [6.45, 7) is 5.28. The number of hydrogen-bond donors (Lipinski definition) is 0. The molecule has 1 aromatic rings. The van der Waals surface area contributed by atoms with Crippen molar-refractivity contribution >= 4 is 23.5 Å². The summed E-state index contributed by atoms with van der Waals surface area (Å²) in [4.78, 5) is 44.5. The molecule has 0 spiro atoms. The molecule has 0 fully saturated rings. The Labute approximate surface area is 203 Å². The van der Waals surface area contributed by atoms with E-state index < -0.39 is 0 Å². The van der Waals surface area contributed by atoms with E-state index in [-0.39, 0.29) is 23.5 Å². The van der Waals surface area contributed by atoms with Crippen molar-refractivity contribution in [2.45, 2.75) is 65.2 Å². The van der Waals surface area contributed by atoms with Gasteiger partial charge in [0.15, 0.2) is 5.78 Å². The summed E-state index contributed by atoms with van der Waals surface area (Å²) in [5.74, 6) is -0.370. The van der Waals surface area contributed by atoms with Crippen molar-refractivity contribution in [2.75, 3.05) is 40.6 Å². The first-order valence-electron chi connectivity index (χ1n) is 11.7. The lowest BCUT2D eigenvalue weighted by Crippen LogP contribution is -2.07. The number of unbranched alkanes of at least 4 members (excludes halogenated alkanes) is 3. The zero-order valence-electron chi connectivity index (χ0n) is 21.1. The topological polar surface area (TPSA) is 105 Å². The molecule has 0 heterocycles. The summed E-state index contributed by atoms with van der Waals surface area (Å²) in [6.07, 6.45) is 5.88. The van der Waals surface area contributed by atoms with E-state index in [9.17, 15) is 19.2 Å². The van der Waals surface area contributed by atoms with Gasteiger partial charge >= 0.3 is 11.9 Å². The molecule has 0 bridgehead atoms. The third kappa shape index (κ3) is 17.9. The van der Waals surface area contributed by atoms with Crippen LogP contribution in [0, 0.1) is 0 Å². The summed E-state index contributed by atoms with van der Waals surface area (Å²) in [6, 6.07) is 6.47. The van der Waals surface area contributed by atoms with Gasteiger partial charge in [-0.25, -0.2) is 4.79 Å². The fourth-order valence-corrected chi connectivity index (χ4v) is 2.69. The maximum Gasteiger partial charge on any atom is 0.338 e. The standard InChI is InChI=1S/C14H18O4.C12H22O4/c1-11(15)12-5-7-13(8-6-12)14(16)18-10-4-3-9-17-2;1-11(13)7-3-4-8-12(14)16-10-6-5-9-15-2/h5-8H,3-4,9-10H2,1-2H3;3-10H2,1-2H3. The molecule has 0 aromatic heterocycles. The third-order valence-electron chi connectivity index (χ3n) is 4.67. The highest BCUT2D eigenvalue weighted by atomic mass is 16.5. The highest BCUT2D eigenvalue weighted by molar-refractivity contribution is 5.96. The lowest BCUT2D eigenvalue weighted by molar-refractivity contribution is -0.144. The van der Waals surface area contributed by atoms with E-state index >= 15 is 0 Å². The summed E-state index contributed by atoms with van der Waals surface area (Å²) in [5.41, 5.74) is 1.05. The fourth-order valence-electron chi connectivity index (χ4n) is 2.69. The van der Waals surface area contributed by atoms with Gasteiger partial charge in [-0.05, 0) is 64.5 Å². The molecule has 0 unspecified atom stereocenters. The van der Waals surface area contributed by atoms with Gasteiger partial charge < -0.3 is 23.7 Å². The lowest BCUT2D eigenvalue weighted by atomic mass is 10.1. The Morgan fingerprint density at radius 2 is 1.09 bits per heavy atom. The molecular weight excluding hydrogens is 440 g/mol. The summed E-state index contributed by atoms with van der Waals surface area (Å²) in [7, 11) is 3.30. The molecule has 8 heteroatoms. The second-order valence-corrected chi connectivity index (χ2v) is 7.80. The van der Waals surface area contributed by atoms with E-state index in [1.807, 2.05) is 0 Å². The Kier molecular flexibility index (Phi) is 19.4. The number of benzene rings is 1. The van der Waals surface area contributed by atoms with Crippen molar-refractivity contribution in [1.82, 2.24) is 0 Å². The molecule has 0 aliphatic heterocycles. The maximum absolute atomic E-state index is 11.6. The van der Waals surface area contributed by atoms with Gasteiger partial charge in [-0.1, -0.05) is 12.1 Å². The van der Waals surface area contributed by atoms with E-state index in [0.29, 0.717) is 50.4 Å². The molecule has 1 rings (SSSR count). The molecule has 34 heavy (non-hydrogen) atoms. The second kappa shape index (κ2) is 21.0. The minimum absolute atomic E-state index is 0.0190. The minimum Gasteiger partial charge on any atom is -0.466 e. The monoisotopic (exact) mass is 480 g/mol. The number of methoxy groups -OCH3 is 2. The normalized spacial score (nSPS) is 10.1. The first-order valence-corrected chi connectivity index (χ1v) is 11.7. The number of ether oxygens (including phenoxy) is 4. The highest BCUT2D eigenvalue weighted by Gasteiger charge is 2.07. The molecule has 1 aromatic carbocycles. The van der Waals surface area contributed by atoms with Gasteiger partial charge in [0.2, 0.25) is 0 Å². The Morgan fingerprint density at radius 1 is 0.618 bits per heavy atom. The van der Waals surface area contributed by atoms with Crippen LogP contribution in [0.15, 0.2) is 24.3 Å². The van der Waals surface area contributed by atoms with Crippen LogP contribution in [0.5, 0.6) is 0 Å². The van der Waals surface area contributed by atoms with Gasteiger partial charge in [0.1, 0.15) is 5.78 Å². The number of Topliss-reactive ketones (excluding diaryl/α,β-unsaturated/α-hetero) is 2. The average molecular weight is 481 g/mol. The van der Waals surface area contributed by atoms with E-state index in [0.717, 1.165) is 38.5 Å². The van der Waals surface area contributed by atoms with Crippen LogP contribution < -0.4 is 0 Å². The Hall–Kier alpha value is -2.58. The van der Waals surface area contributed by atoms with Gasteiger partial charge in [-0.15, -0.1) is 0 Å². The summed E-state index contributed by atoms with van der Waals surface area (Å²) < 4.78 is 19.9. The molecule has 0 aliphatic carbocycles. The van der Waals surface area contributed by atoms with E-state index in [1.165, 1.54) is 6.92 Å². The fraction of sp³-hybridized carbons (Fsp3) is 0.615. The van der Waals surface area contributed by atoms with Gasteiger partial charge in [-0.2, -0.15) is 0 Å². The Balaban J connectivity index is 0.000000646. The molecule has 0 N–H and O–H groups in total. The number of esters is 2. The van der Waals surface area contributed by atoms with Gasteiger partial charge in [-0.3, -0.25) is 9.59 Å². The van der Waals surface area contributed by atoms with Crippen molar-refractivity contribution in [3.8, 4) is 0 Å². The molecule has 192 valence electrons. The molecule has 0 atom stereocenters. The van der Waals surface area contributed by atoms with E-state index in [1.54, 1.807) is 45.4 Å². The van der Waals surface area contributed by atoms with Crippen LogP contribution in [-0.2, 0) is 28.5 Å². The number of carbonyl (C=O) groups is 4. The minimum atomic E-state index is -0.359. The number of rotatable bonds is 17. The van der Waals surface area contributed by atoms with Crippen LogP contribution in [0.1, 0.15) is 85.9 Å². The molecule has 0 saturated heterocycles. The van der Waals surface area contributed by atoms with Crippen LogP contribution in [0.4, 0.5) is 0 Å². The quantitative estimate of drug-likeness (QED) is 0.181. The summed E-state index contributed by atoms with van der Waals surface area (Å²) >= 11 is 0. The van der Waals surface area contributed by atoms with Crippen LogP contribution >= 0.6 is 0 Å². The van der Waals surface area contributed by atoms with Crippen LogP contribution in [0.25, 0.3) is 0 Å². The van der Waals surface area contributed by atoms with E-state index in [4.69, 9.17) is 18.9 Å². The first kappa shape index (κ1) is 31.4. The second-order valence-electron chi connectivity index (χ2n) is 7.80. The molecule has 0 aliphatic rings. The van der Waals surface area contributed by atoms with E-state index in [2.05, 4.69) is 0 Å². The van der Waals surface area contributed by atoms with Crippen molar-refractivity contribution in [1.29, 1.82) is 0 Å². The molecule has 0 saturated carbocycles. The number of hydrogen-bond acceptors (Lipinski definition) is 8. The van der Waals surface area contributed by atoms with Gasteiger partial charge in [0.05, 0.1) is 18.8 Å². The van der Waals surface area contributed by atoms with Crippen LogP contribution in [-0.4, -0.2) is 64.2 Å². The molecule has 0 amide bonds. The average Bonchev–Trinajstić information content (AvgIpc) is 2.82. The lowest BCUT2D eigenvalue weighted by Gasteiger charge is -2.05. The maximum atomic E-state index is 11.6. The van der Waals surface area contributed by atoms with Crippen molar-refractivity contribution in [2.24, 2.45) is 0 Å². The predicted octanol–water partition coefficient (Wildman–Crippen LogP) is 4.58. The molecule has 8 nitrogen and oxygen atoms in total. The van der Waals surface area contributed by atoms with Gasteiger partial charge in [0, 0.05) is 45.8 Å². The third-order valence-corrected chi connectivity index (χ3v) is 4.67. The zero-order chi connectivity index (χ0) is 25.6. The van der Waals surface area contributed by atoms with Crippen molar-refractivity contribution < 1.29 is 38.1 Å². The SMILES string of the molecule is COCCCCOC(=O)CCCCC(C)=O.COCCCCOC(=O)c1ccc(C(C)=O)cc1. The van der Waals surface area contributed by atoms with Gasteiger partial charge in [0.25, 0.3) is 0 Å². The summed E-state index contributed by atoms with van der Waals surface area (Å²) in [5, 5.41) is 0. The molecular formula is C26H40O8. The predicted molar refractivity (Wildman–Crippen MR) is 129 cm³/mol. The zero-order valence-corrected chi connectivity index (χ0v) is 21.1. The first-order chi connectivity index (χ1) is 16.3. The Bertz CT molecular complexity index is 712. The largest absolute Gasteiger partial charge is 0.466 e. The smallest absolute Gasteiger partial charge is 0.338 e. The van der Waals surface area contributed by atoms with Crippen molar-refractivity contribution in [3.05, 3.63) is 35.4 Å². The van der Waals surface area contributed by atoms with Crippen LogP contribution in [0.2, 0.25) is 0 Å². The number of carbonyl (C=O) groups excluding carboxylic acids is 4. The van der Waals surface area contributed by atoms with Crippen LogP contribution in [0.3, 0.4) is 0 Å². The molecule has 0 radical (unpaired) electrons. The number of ketones is 2. The highest BCUT2D eigenvalue weighted by Crippen LogP contribution is 2.07. The Morgan fingerprint density at radius 3 is 1.59 bits per heavy atom.